The topological polar surface area (TPSA) is 83.8 Å². The van der Waals surface area contributed by atoms with Gasteiger partial charge >= 0.3 is 11.9 Å². The van der Waals surface area contributed by atoms with Gasteiger partial charge in [0.1, 0.15) is 5.75 Å². The minimum absolute atomic E-state index is 0.459. The predicted octanol–water partition coefficient (Wildman–Crippen LogP) is 2.81. The van der Waals surface area contributed by atoms with E-state index in [-0.39, 0.29) is 0 Å². The molecule has 1 aromatic rings. The third-order valence-corrected chi connectivity index (χ3v) is 2.67. The van der Waals surface area contributed by atoms with Crippen LogP contribution in [0.2, 0.25) is 0 Å². The first kappa shape index (κ1) is 15.8. The highest BCUT2D eigenvalue weighted by molar-refractivity contribution is 5.85. The van der Waals surface area contributed by atoms with Gasteiger partial charge < -0.3 is 14.9 Å². The summed E-state index contributed by atoms with van der Waals surface area (Å²) in [5.74, 6) is -1.54. The van der Waals surface area contributed by atoms with E-state index in [4.69, 9.17) is 14.9 Å². The summed E-state index contributed by atoms with van der Waals surface area (Å²) in [6, 6.07) is 6.60. The van der Waals surface area contributed by atoms with Gasteiger partial charge in [0.15, 0.2) is 6.10 Å². The van der Waals surface area contributed by atoms with Gasteiger partial charge in [0.05, 0.1) is 0 Å². The minimum atomic E-state index is -1.02. The minimum Gasteiger partial charge on any atom is -0.479 e. The highest BCUT2D eigenvalue weighted by atomic mass is 16.5. The molecule has 5 nitrogen and oxygen atoms in total. The summed E-state index contributed by atoms with van der Waals surface area (Å²) in [7, 11) is 0. The van der Waals surface area contributed by atoms with Crippen molar-refractivity contribution in [2.75, 3.05) is 0 Å². The van der Waals surface area contributed by atoms with Crippen LogP contribution in [0, 0.1) is 0 Å². The van der Waals surface area contributed by atoms with Crippen LogP contribution in [-0.2, 0) is 9.59 Å². The molecule has 108 valence electrons. The molecular formula is C15H18O5. The first-order valence-corrected chi connectivity index (χ1v) is 6.43. The molecule has 1 atom stereocenters. The predicted molar refractivity (Wildman–Crippen MR) is 74.7 cm³/mol. The van der Waals surface area contributed by atoms with Crippen molar-refractivity contribution in [3.05, 3.63) is 35.9 Å². The number of carboxylic acids is 2. The number of aliphatic carboxylic acids is 2. The molecule has 0 aliphatic carbocycles. The first-order chi connectivity index (χ1) is 9.52. The SMILES string of the molecule is CCCC[C@@H](Oc1ccc(/C=C/C(=O)O)cc1)C(=O)O. The van der Waals surface area contributed by atoms with Crippen molar-refractivity contribution < 1.29 is 24.5 Å². The second-order valence-corrected chi connectivity index (χ2v) is 4.33. The molecule has 2 N–H and O–H groups in total. The van der Waals surface area contributed by atoms with Crippen LogP contribution in [0.25, 0.3) is 6.08 Å². The number of carboxylic acid groups (broad SMARTS) is 2. The maximum atomic E-state index is 11.1. The van der Waals surface area contributed by atoms with Gasteiger partial charge in [-0.25, -0.2) is 9.59 Å². The fourth-order valence-electron chi connectivity index (χ4n) is 1.61. The highest BCUT2D eigenvalue weighted by Crippen LogP contribution is 2.17. The van der Waals surface area contributed by atoms with Gasteiger partial charge in [-0.1, -0.05) is 25.5 Å². The zero-order valence-corrected chi connectivity index (χ0v) is 11.3. The van der Waals surface area contributed by atoms with E-state index >= 15 is 0 Å². The molecule has 0 aliphatic rings. The molecule has 0 fully saturated rings. The zero-order valence-electron chi connectivity index (χ0n) is 11.3. The third-order valence-electron chi connectivity index (χ3n) is 2.67. The highest BCUT2D eigenvalue weighted by Gasteiger charge is 2.18. The van der Waals surface area contributed by atoms with Gasteiger partial charge in [0, 0.05) is 6.08 Å². The Balaban J connectivity index is 2.67. The van der Waals surface area contributed by atoms with E-state index in [1.54, 1.807) is 24.3 Å². The van der Waals surface area contributed by atoms with E-state index in [2.05, 4.69) is 0 Å². The lowest BCUT2D eigenvalue weighted by Crippen LogP contribution is -2.26. The van der Waals surface area contributed by atoms with E-state index < -0.39 is 18.0 Å². The number of benzene rings is 1. The Labute approximate surface area is 117 Å². The van der Waals surface area contributed by atoms with E-state index in [0.29, 0.717) is 17.7 Å². The Bertz CT molecular complexity index is 476. The smallest absolute Gasteiger partial charge is 0.344 e. The van der Waals surface area contributed by atoms with Crippen LogP contribution in [-0.4, -0.2) is 28.3 Å². The van der Waals surface area contributed by atoms with Crippen molar-refractivity contribution in [2.45, 2.75) is 32.3 Å². The monoisotopic (exact) mass is 278 g/mol. The number of carbonyl (C=O) groups is 2. The molecule has 0 saturated carbocycles. The van der Waals surface area contributed by atoms with Gasteiger partial charge in [0.25, 0.3) is 0 Å². The van der Waals surface area contributed by atoms with Crippen molar-refractivity contribution in [3.8, 4) is 5.75 Å². The molecule has 20 heavy (non-hydrogen) atoms. The summed E-state index contributed by atoms with van der Waals surface area (Å²) in [6.45, 7) is 1.99. The molecule has 0 spiro atoms. The first-order valence-electron chi connectivity index (χ1n) is 6.43. The lowest BCUT2D eigenvalue weighted by atomic mass is 10.1. The summed E-state index contributed by atoms with van der Waals surface area (Å²) in [4.78, 5) is 21.4. The Kier molecular flexibility index (Phi) is 6.29. The fourth-order valence-corrected chi connectivity index (χ4v) is 1.61. The number of hydrogen-bond donors (Lipinski definition) is 2. The summed E-state index contributed by atoms with van der Waals surface area (Å²) in [5, 5.41) is 17.6. The third kappa shape index (κ3) is 5.56. The van der Waals surface area contributed by atoms with Crippen LogP contribution in [0.1, 0.15) is 31.7 Å². The second kappa shape index (κ2) is 7.99. The average molecular weight is 278 g/mol. The number of unbranched alkanes of at least 4 members (excludes halogenated alkanes) is 1. The largest absolute Gasteiger partial charge is 0.479 e. The molecule has 1 aromatic carbocycles. The Morgan fingerprint density at radius 1 is 1.25 bits per heavy atom. The number of rotatable bonds is 8. The Morgan fingerprint density at radius 2 is 1.90 bits per heavy atom. The van der Waals surface area contributed by atoms with Crippen LogP contribution in [0.5, 0.6) is 5.75 Å². The van der Waals surface area contributed by atoms with Crippen LogP contribution >= 0.6 is 0 Å². The summed E-state index contributed by atoms with van der Waals surface area (Å²) >= 11 is 0. The fraction of sp³-hybridized carbons (Fsp3) is 0.333. The van der Waals surface area contributed by atoms with Crippen LogP contribution in [0.4, 0.5) is 0 Å². The van der Waals surface area contributed by atoms with Gasteiger partial charge in [-0.15, -0.1) is 0 Å². The Hall–Kier alpha value is -2.30. The van der Waals surface area contributed by atoms with Crippen LogP contribution < -0.4 is 4.74 Å². The maximum absolute atomic E-state index is 11.1. The van der Waals surface area contributed by atoms with Crippen molar-refractivity contribution >= 4 is 18.0 Å². The zero-order chi connectivity index (χ0) is 15.0. The van der Waals surface area contributed by atoms with Gasteiger partial charge in [0.2, 0.25) is 0 Å². The van der Waals surface area contributed by atoms with Gasteiger partial charge in [-0.2, -0.15) is 0 Å². The van der Waals surface area contributed by atoms with Crippen LogP contribution in [0.3, 0.4) is 0 Å². The lowest BCUT2D eigenvalue weighted by Gasteiger charge is -2.14. The normalized spacial score (nSPS) is 12.2. The van der Waals surface area contributed by atoms with Crippen molar-refractivity contribution in [1.82, 2.24) is 0 Å². The second-order valence-electron chi connectivity index (χ2n) is 4.33. The number of hydrogen-bond acceptors (Lipinski definition) is 3. The molecule has 0 amide bonds. The molecule has 0 radical (unpaired) electrons. The standard InChI is InChI=1S/C15H18O5/c1-2-3-4-13(15(18)19)20-12-8-5-11(6-9-12)7-10-14(16)17/h5-10,13H,2-4H2,1H3,(H,16,17)(H,18,19)/b10-7+/t13-/m1/s1. The molecule has 0 bridgehead atoms. The Morgan fingerprint density at radius 3 is 2.40 bits per heavy atom. The van der Waals surface area contributed by atoms with E-state index in [1.165, 1.54) is 6.08 Å². The van der Waals surface area contributed by atoms with Crippen LogP contribution in [0.15, 0.2) is 30.3 Å². The average Bonchev–Trinajstić information content (AvgIpc) is 2.42. The van der Waals surface area contributed by atoms with Crippen molar-refractivity contribution in [1.29, 1.82) is 0 Å². The van der Waals surface area contributed by atoms with E-state index in [1.807, 2.05) is 6.92 Å². The number of ether oxygens (including phenoxy) is 1. The maximum Gasteiger partial charge on any atom is 0.344 e. The molecule has 0 aliphatic heterocycles. The quantitative estimate of drug-likeness (QED) is 0.714. The summed E-state index contributed by atoms with van der Waals surface area (Å²) < 4.78 is 5.42. The molecule has 0 unspecified atom stereocenters. The summed E-state index contributed by atoms with van der Waals surface area (Å²) in [5.41, 5.74) is 0.709. The molecule has 0 aromatic heterocycles. The van der Waals surface area contributed by atoms with E-state index in [0.717, 1.165) is 18.9 Å². The molecule has 0 saturated heterocycles. The summed E-state index contributed by atoms with van der Waals surface area (Å²) in [6.07, 6.45) is 3.81. The van der Waals surface area contributed by atoms with E-state index in [9.17, 15) is 9.59 Å². The van der Waals surface area contributed by atoms with Crippen molar-refractivity contribution in [2.24, 2.45) is 0 Å². The van der Waals surface area contributed by atoms with Gasteiger partial charge in [-0.3, -0.25) is 0 Å². The van der Waals surface area contributed by atoms with Gasteiger partial charge in [-0.05, 0) is 36.6 Å². The molecular weight excluding hydrogens is 260 g/mol. The molecule has 5 heteroatoms. The van der Waals surface area contributed by atoms with Crippen molar-refractivity contribution in [3.63, 3.8) is 0 Å². The lowest BCUT2D eigenvalue weighted by molar-refractivity contribution is -0.145. The molecule has 0 heterocycles. The molecule has 1 rings (SSSR count).